The number of phenols is 1. The largest absolute Gasteiger partial charge is 0.507 e. The Labute approximate surface area is 94.1 Å². The predicted molar refractivity (Wildman–Crippen MR) is 58.9 cm³/mol. The summed E-state index contributed by atoms with van der Waals surface area (Å²) in [5, 5.41) is 13.1. The molecule has 0 unspecified atom stereocenters. The maximum absolute atomic E-state index is 9.47. The van der Waals surface area contributed by atoms with Crippen molar-refractivity contribution >= 4 is 22.6 Å². The normalized spacial score (nSPS) is 10.4. The number of hydrogen-bond acceptors (Lipinski definition) is 4. The van der Waals surface area contributed by atoms with Gasteiger partial charge in [-0.1, -0.05) is 5.16 Å². The van der Waals surface area contributed by atoms with Crippen LogP contribution in [0.3, 0.4) is 0 Å². The van der Waals surface area contributed by atoms with Crippen molar-refractivity contribution in [2.45, 2.75) is 6.92 Å². The van der Waals surface area contributed by atoms with Crippen LogP contribution < -0.4 is 0 Å². The second-order valence-electron chi connectivity index (χ2n) is 2.81. The third-order valence-electron chi connectivity index (χ3n) is 1.72. The molecule has 2 aromatic rings. The summed E-state index contributed by atoms with van der Waals surface area (Å²) in [4.78, 5) is 4.06. The first-order valence-electron chi connectivity index (χ1n) is 3.96. The van der Waals surface area contributed by atoms with Crippen LogP contribution in [0.25, 0.3) is 11.5 Å². The number of halogens is 1. The lowest BCUT2D eigenvalue weighted by Gasteiger charge is -1.97. The van der Waals surface area contributed by atoms with E-state index in [0.29, 0.717) is 11.7 Å². The van der Waals surface area contributed by atoms with Crippen LogP contribution in [0.1, 0.15) is 5.82 Å². The van der Waals surface area contributed by atoms with Crippen molar-refractivity contribution in [1.82, 2.24) is 10.1 Å². The lowest BCUT2D eigenvalue weighted by atomic mass is 10.2. The maximum Gasteiger partial charge on any atom is 0.258 e. The zero-order valence-electron chi connectivity index (χ0n) is 7.36. The second-order valence-corrected chi connectivity index (χ2v) is 3.98. The lowest BCUT2D eigenvalue weighted by Crippen LogP contribution is -1.80. The van der Waals surface area contributed by atoms with Gasteiger partial charge in [-0.15, -0.1) is 0 Å². The van der Waals surface area contributed by atoms with Gasteiger partial charge in [-0.2, -0.15) is 4.98 Å². The summed E-state index contributed by atoms with van der Waals surface area (Å²) in [6.45, 7) is 1.75. The first-order chi connectivity index (χ1) is 6.66. The average Bonchev–Trinajstić information content (AvgIpc) is 2.57. The number of hydrogen-bond donors (Lipinski definition) is 1. The molecule has 0 fully saturated rings. The first-order valence-corrected chi connectivity index (χ1v) is 5.04. The minimum atomic E-state index is 0.221. The second kappa shape index (κ2) is 3.56. The third kappa shape index (κ3) is 1.72. The molecule has 0 aliphatic carbocycles. The van der Waals surface area contributed by atoms with Gasteiger partial charge in [0.05, 0.1) is 3.57 Å². The number of nitrogens with zero attached hydrogens (tertiary/aromatic N) is 2. The fraction of sp³-hybridized carbons (Fsp3) is 0.111. The molecule has 14 heavy (non-hydrogen) atoms. The van der Waals surface area contributed by atoms with Crippen molar-refractivity contribution in [3.63, 3.8) is 0 Å². The van der Waals surface area contributed by atoms with E-state index in [1.165, 1.54) is 0 Å². The van der Waals surface area contributed by atoms with E-state index in [9.17, 15) is 5.11 Å². The Morgan fingerprint density at radius 1 is 1.43 bits per heavy atom. The van der Waals surface area contributed by atoms with E-state index in [4.69, 9.17) is 4.52 Å². The molecule has 0 saturated heterocycles. The fourth-order valence-corrected chi connectivity index (χ4v) is 1.40. The van der Waals surface area contributed by atoms with Gasteiger partial charge in [-0.3, -0.25) is 0 Å². The Bertz CT molecular complexity index is 468. The summed E-state index contributed by atoms with van der Waals surface area (Å²) < 4.78 is 5.76. The van der Waals surface area contributed by atoms with Gasteiger partial charge in [-0.05, 0) is 47.7 Å². The average molecular weight is 302 g/mol. The number of aromatic hydroxyl groups is 1. The molecule has 1 N–H and O–H groups in total. The SMILES string of the molecule is Cc1noc(-c2ccc(I)c(O)c2)n1. The van der Waals surface area contributed by atoms with Crippen LogP contribution in [0.5, 0.6) is 5.75 Å². The highest BCUT2D eigenvalue weighted by Gasteiger charge is 2.07. The Kier molecular flexibility index (Phi) is 2.40. The minimum Gasteiger partial charge on any atom is -0.507 e. The number of phenolic OH excluding ortho intramolecular Hbond substituents is 1. The van der Waals surface area contributed by atoms with Gasteiger partial charge in [-0.25, -0.2) is 0 Å². The van der Waals surface area contributed by atoms with Crippen molar-refractivity contribution in [2.24, 2.45) is 0 Å². The molecular weight excluding hydrogens is 295 g/mol. The molecule has 0 bridgehead atoms. The minimum absolute atomic E-state index is 0.221. The van der Waals surface area contributed by atoms with Crippen LogP contribution in [0.4, 0.5) is 0 Å². The summed E-state index contributed by atoms with van der Waals surface area (Å²) in [5.74, 6) is 1.23. The number of aromatic nitrogens is 2. The van der Waals surface area contributed by atoms with Crippen LogP contribution in [0.15, 0.2) is 22.7 Å². The zero-order chi connectivity index (χ0) is 10.1. The Balaban J connectivity index is 2.47. The van der Waals surface area contributed by atoms with E-state index in [-0.39, 0.29) is 5.75 Å². The van der Waals surface area contributed by atoms with Gasteiger partial charge in [0.2, 0.25) is 0 Å². The molecule has 1 aromatic carbocycles. The Morgan fingerprint density at radius 2 is 2.21 bits per heavy atom. The van der Waals surface area contributed by atoms with Crippen molar-refractivity contribution in [1.29, 1.82) is 0 Å². The van der Waals surface area contributed by atoms with Gasteiger partial charge in [0.1, 0.15) is 5.75 Å². The van der Waals surface area contributed by atoms with E-state index in [2.05, 4.69) is 10.1 Å². The van der Waals surface area contributed by atoms with Crippen molar-refractivity contribution in [3.8, 4) is 17.2 Å². The standard InChI is InChI=1S/C9H7IN2O2/c1-5-11-9(14-12-5)6-2-3-7(10)8(13)4-6/h2-4,13H,1H3. The molecule has 1 heterocycles. The van der Waals surface area contributed by atoms with Crippen molar-refractivity contribution in [3.05, 3.63) is 27.6 Å². The van der Waals surface area contributed by atoms with Crippen LogP contribution in [0.2, 0.25) is 0 Å². The third-order valence-corrected chi connectivity index (χ3v) is 2.63. The van der Waals surface area contributed by atoms with Gasteiger partial charge < -0.3 is 9.63 Å². The summed E-state index contributed by atoms with van der Waals surface area (Å²) in [7, 11) is 0. The fourth-order valence-electron chi connectivity index (χ4n) is 1.06. The van der Waals surface area contributed by atoms with E-state index in [1.807, 2.05) is 28.7 Å². The number of benzene rings is 1. The van der Waals surface area contributed by atoms with Gasteiger partial charge >= 0.3 is 0 Å². The molecule has 5 heteroatoms. The highest BCUT2D eigenvalue weighted by Crippen LogP contribution is 2.26. The summed E-state index contributed by atoms with van der Waals surface area (Å²) in [6, 6.07) is 5.23. The number of rotatable bonds is 1. The quantitative estimate of drug-likeness (QED) is 0.822. The predicted octanol–water partition coefficient (Wildman–Crippen LogP) is 2.36. The molecule has 0 aliphatic rings. The molecule has 2 rings (SSSR count). The van der Waals surface area contributed by atoms with E-state index in [1.54, 1.807) is 19.1 Å². The van der Waals surface area contributed by atoms with Crippen LogP contribution in [-0.4, -0.2) is 15.2 Å². The van der Waals surface area contributed by atoms with E-state index < -0.39 is 0 Å². The monoisotopic (exact) mass is 302 g/mol. The van der Waals surface area contributed by atoms with Gasteiger partial charge in [0.25, 0.3) is 5.89 Å². The highest BCUT2D eigenvalue weighted by molar-refractivity contribution is 14.1. The van der Waals surface area contributed by atoms with Crippen molar-refractivity contribution < 1.29 is 9.63 Å². The molecule has 0 saturated carbocycles. The molecule has 0 amide bonds. The van der Waals surface area contributed by atoms with Gasteiger partial charge in [0, 0.05) is 5.56 Å². The molecule has 0 spiro atoms. The van der Waals surface area contributed by atoms with E-state index in [0.717, 1.165) is 9.13 Å². The highest BCUT2D eigenvalue weighted by atomic mass is 127. The van der Waals surface area contributed by atoms with E-state index >= 15 is 0 Å². The van der Waals surface area contributed by atoms with Gasteiger partial charge in [0.15, 0.2) is 5.82 Å². The molecule has 1 aromatic heterocycles. The smallest absolute Gasteiger partial charge is 0.258 e. The molecule has 0 aliphatic heterocycles. The Hall–Kier alpha value is -1.11. The Morgan fingerprint density at radius 3 is 2.79 bits per heavy atom. The lowest BCUT2D eigenvalue weighted by molar-refractivity contribution is 0.425. The molecular formula is C9H7IN2O2. The molecule has 72 valence electrons. The molecule has 0 atom stereocenters. The van der Waals surface area contributed by atoms with Crippen molar-refractivity contribution in [2.75, 3.05) is 0 Å². The number of aryl methyl sites for hydroxylation is 1. The topological polar surface area (TPSA) is 59.2 Å². The van der Waals surface area contributed by atoms with Crippen LogP contribution >= 0.6 is 22.6 Å². The zero-order valence-corrected chi connectivity index (χ0v) is 9.52. The summed E-state index contributed by atoms with van der Waals surface area (Å²) in [6.07, 6.45) is 0. The summed E-state index contributed by atoms with van der Waals surface area (Å²) in [5.41, 5.74) is 0.725. The summed E-state index contributed by atoms with van der Waals surface area (Å²) >= 11 is 2.05. The van der Waals surface area contributed by atoms with Crippen LogP contribution in [0, 0.1) is 10.5 Å². The van der Waals surface area contributed by atoms with Crippen LogP contribution in [-0.2, 0) is 0 Å². The first kappa shape index (κ1) is 9.45. The molecule has 4 nitrogen and oxygen atoms in total. The molecule has 0 radical (unpaired) electrons. The maximum atomic E-state index is 9.47.